The van der Waals surface area contributed by atoms with Gasteiger partial charge in [0, 0.05) is 25.1 Å². The van der Waals surface area contributed by atoms with Crippen LogP contribution in [-0.2, 0) is 13.2 Å². The summed E-state index contributed by atoms with van der Waals surface area (Å²) in [6.07, 6.45) is 0. The average molecular weight is 411 g/mol. The molecule has 9 nitrogen and oxygen atoms in total. The number of benzene rings is 2. The normalized spacial score (nSPS) is 14.2. The van der Waals surface area contributed by atoms with Crippen LogP contribution in [0, 0.1) is 0 Å². The summed E-state index contributed by atoms with van der Waals surface area (Å²) >= 11 is 0. The lowest BCUT2D eigenvalue weighted by atomic mass is 10.0. The largest absolute Gasteiger partial charge is 0.497 e. The number of methoxy groups -OCH3 is 2. The summed E-state index contributed by atoms with van der Waals surface area (Å²) in [7, 11) is 3.15. The number of hydrogen-bond acceptors (Lipinski definition) is 7. The second-order valence-electron chi connectivity index (χ2n) is 7.13. The van der Waals surface area contributed by atoms with Crippen LogP contribution in [0.15, 0.2) is 47.3 Å². The minimum Gasteiger partial charge on any atom is -0.497 e. The number of ether oxygens (including phenoxy) is 2. The molecule has 1 saturated heterocycles. The Hall–Kier alpha value is -3.14. The molecule has 4 rings (SSSR count). The van der Waals surface area contributed by atoms with Crippen molar-refractivity contribution in [1.29, 1.82) is 0 Å². The van der Waals surface area contributed by atoms with E-state index in [0.717, 1.165) is 18.7 Å². The highest BCUT2D eigenvalue weighted by Crippen LogP contribution is 2.23. The van der Waals surface area contributed by atoms with Crippen molar-refractivity contribution in [2.24, 2.45) is 0 Å². The highest BCUT2D eigenvalue weighted by Gasteiger charge is 2.18. The second kappa shape index (κ2) is 8.70. The van der Waals surface area contributed by atoms with Crippen molar-refractivity contribution in [3.05, 3.63) is 69.9 Å². The second-order valence-corrected chi connectivity index (χ2v) is 7.13. The van der Waals surface area contributed by atoms with E-state index in [2.05, 4.69) is 16.0 Å². The lowest BCUT2D eigenvalue weighted by Gasteiger charge is -2.09. The summed E-state index contributed by atoms with van der Waals surface area (Å²) in [5.74, 6) is 1.93. The van der Waals surface area contributed by atoms with Gasteiger partial charge in [0.05, 0.1) is 26.5 Å². The molecule has 3 N–H and O–H groups in total. The predicted molar refractivity (Wildman–Crippen MR) is 111 cm³/mol. The van der Waals surface area contributed by atoms with Crippen LogP contribution in [0.1, 0.15) is 22.9 Å². The molecule has 0 saturated carbocycles. The SMILES string of the molecule is COc1cc(Cn2c(CO)nn(-c3ccc(C4CNNC4)cc3)c2=O)cc(OC)c1. The summed E-state index contributed by atoms with van der Waals surface area (Å²) in [6.45, 7) is 1.62. The Kier molecular flexibility index (Phi) is 5.84. The van der Waals surface area contributed by atoms with Crippen molar-refractivity contribution in [1.82, 2.24) is 25.2 Å². The van der Waals surface area contributed by atoms with Crippen LogP contribution in [0.4, 0.5) is 0 Å². The molecule has 2 heterocycles. The van der Waals surface area contributed by atoms with Crippen LogP contribution in [0.2, 0.25) is 0 Å². The van der Waals surface area contributed by atoms with E-state index < -0.39 is 0 Å². The van der Waals surface area contributed by atoms with E-state index in [-0.39, 0.29) is 24.7 Å². The fourth-order valence-corrected chi connectivity index (χ4v) is 3.61. The van der Waals surface area contributed by atoms with E-state index in [9.17, 15) is 9.90 Å². The number of nitrogens with one attached hydrogen (secondary N) is 2. The number of hydrogen-bond donors (Lipinski definition) is 3. The number of aliphatic hydroxyl groups excluding tert-OH is 1. The molecule has 0 radical (unpaired) electrons. The molecule has 0 unspecified atom stereocenters. The van der Waals surface area contributed by atoms with Gasteiger partial charge in [-0.2, -0.15) is 4.68 Å². The first kappa shape index (κ1) is 20.1. The maximum atomic E-state index is 13.1. The van der Waals surface area contributed by atoms with E-state index in [1.54, 1.807) is 20.3 Å². The molecular weight excluding hydrogens is 386 g/mol. The minimum atomic E-state index is -0.346. The van der Waals surface area contributed by atoms with E-state index in [1.807, 2.05) is 36.4 Å². The Morgan fingerprint density at radius 2 is 1.70 bits per heavy atom. The summed E-state index contributed by atoms with van der Waals surface area (Å²) in [5, 5.41) is 14.1. The number of nitrogens with zero attached hydrogens (tertiary/aromatic N) is 3. The zero-order valence-electron chi connectivity index (χ0n) is 17.0. The van der Waals surface area contributed by atoms with Crippen molar-refractivity contribution in [2.75, 3.05) is 27.3 Å². The summed E-state index contributed by atoms with van der Waals surface area (Å²) in [5.41, 5.74) is 8.56. The van der Waals surface area contributed by atoms with Gasteiger partial charge >= 0.3 is 5.69 Å². The molecule has 1 aliphatic heterocycles. The number of hydrazine groups is 1. The highest BCUT2D eigenvalue weighted by atomic mass is 16.5. The molecule has 1 aliphatic rings. The van der Waals surface area contributed by atoms with Gasteiger partial charge < -0.3 is 14.6 Å². The zero-order valence-corrected chi connectivity index (χ0v) is 17.0. The fourth-order valence-electron chi connectivity index (χ4n) is 3.61. The van der Waals surface area contributed by atoms with Gasteiger partial charge in [0.25, 0.3) is 0 Å². The maximum Gasteiger partial charge on any atom is 0.351 e. The van der Waals surface area contributed by atoms with E-state index in [0.29, 0.717) is 23.1 Å². The van der Waals surface area contributed by atoms with E-state index in [4.69, 9.17) is 9.47 Å². The zero-order chi connectivity index (χ0) is 21.1. The van der Waals surface area contributed by atoms with Crippen LogP contribution in [-0.4, -0.2) is 46.8 Å². The first-order valence-electron chi connectivity index (χ1n) is 9.70. The summed E-state index contributed by atoms with van der Waals surface area (Å²) in [4.78, 5) is 13.1. The van der Waals surface area contributed by atoms with Crippen molar-refractivity contribution >= 4 is 0 Å². The number of aliphatic hydroxyl groups is 1. The Balaban J connectivity index is 1.65. The molecule has 0 aliphatic carbocycles. The van der Waals surface area contributed by atoms with Gasteiger partial charge in [0.2, 0.25) is 0 Å². The molecule has 3 aromatic rings. The molecular formula is C21H25N5O4. The third-order valence-electron chi connectivity index (χ3n) is 5.26. The van der Waals surface area contributed by atoms with Gasteiger partial charge in [-0.3, -0.25) is 15.4 Å². The quantitative estimate of drug-likeness (QED) is 0.528. The van der Waals surface area contributed by atoms with Crippen LogP contribution in [0.5, 0.6) is 11.5 Å². The maximum absolute atomic E-state index is 13.1. The van der Waals surface area contributed by atoms with Crippen molar-refractivity contribution in [2.45, 2.75) is 19.1 Å². The smallest absolute Gasteiger partial charge is 0.351 e. The van der Waals surface area contributed by atoms with Crippen molar-refractivity contribution < 1.29 is 14.6 Å². The fraction of sp³-hybridized carbons (Fsp3) is 0.333. The molecule has 0 atom stereocenters. The van der Waals surface area contributed by atoms with Gasteiger partial charge in [-0.15, -0.1) is 5.10 Å². The molecule has 1 aromatic heterocycles. The topological polar surface area (TPSA) is 103 Å². The predicted octanol–water partition coefficient (Wildman–Crippen LogP) is 0.783. The van der Waals surface area contributed by atoms with Crippen LogP contribution in [0.3, 0.4) is 0 Å². The highest BCUT2D eigenvalue weighted by molar-refractivity contribution is 5.39. The summed E-state index contributed by atoms with van der Waals surface area (Å²) < 4.78 is 13.4. The summed E-state index contributed by atoms with van der Waals surface area (Å²) in [6, 6.07) is 13.2. The minimum absolute atomic E-state index is 0.236. The van der Waals surface area contributed by atoms with Gasteiger partial charge in [-0.1, -0.05) is 12.1 Å². The van der Waals surface area contributed by atoms with Gasteiger partial charge in [-0.05, 0) is 35.4 Å². The Morgan fingerprint density at radius 3 is 2.27 bits per heavy atom. The lowest BCUT2D eigenvalue weighted by molar-refractivity contribution is 0.265. The van der Waals surface area contributed by atoms with Crippen molar-refractivity contribution in [3.63, 3.8) is 0 Å². The molecule has 1 fully saturated rings. The van der Waals surface area contributed by atoms with E-state index >= 15 is 0 Å². The van der Waals surface area contributed by atoms with Crippen LogP contribution in [0.25, 0.3) is 5.69 Å². The standard InChI is InChI=1S/C21H25N5O4/c1-29-18-7-14(8-19(9-18)30-2)12-25-20(13-27)24-26(21(25)28)17-5-3-15(4-6-17)16-10-22-23-11-16/h3-9,16,22-23,27H,10-13H2,1-2H3. The third kappa shape index (κ3) is 3.95. The molecule has 158 valence electrons. The molecule has 9 heteroatoms. The third-order valence-corrected chi connectivity index (χ3v) is 5.26. The first-order chi connectivity index (χ1) is 14.6. The monoisotopic (exact) mass is 411 g/mol. The average Bonchev–Trinajstić information content (AvgIpc) is 3.43. The molecule has 0 amide bonds. The van der Waals surface area contributed by atoms with Crippen molar-refractivity contribution in [3.8, 4) is 17.2 Å². The lowest BCUT2D eigenvalue weighted by Crippen LogP contribution is -2.25. The number of aromatic nitrogens is 3. The van der Waals surface area contributed by atoms with Gasteiger partial charge in [0.1, 0.15) is 18.1 Å². The first-order valence-corrected chi connectivity index (χ1v) is 9.70. The molecule has 2 aromatic carbocycles. The Labute approximate surface area is 173 Å². The van der Waals surface area contributed by atoms with E-state index in [1.165, 1.54) is 14.8 Å². The molecule has 0 spiro atoms. The molecule has 30 heavy (non-hydrogen) atoms. The van der Waals surface area contributed by atoms with Gasteiger partial charge in [-0.25, -0.2) is 4.79 Å². The van der Waals surface area contributed by atoms with Gasteiger partial charge in [0.15, 0.2) is 5.82 Å². The molecule has 0 bridgehead atoms. The Morgan fingerprint density at radius 1 is 1.07 bits per heavy atom. The van der Waals surface area contributed by atoms with Crippen LogP contribution < -0.4 is 26.0 Å². The Bertz CT molecular complexity index is 1050. The number of rotatable bonds is 7. The van der Waals surface area contributed by atoms with Crippen LogP contribution >= 0.6 is 0 Å².